The highest BCUT2D eigenvalue weighted by Crippen LogP contribution is 2.47. The number of carbonyl (C=O) groups excluding carboxylic acids is 2. The van der Waals surface area contributed by atoms with E-state index in [1.807, 2.05) is 66.7 Å². The Kier molecular flexibility index (Phi) is 5.66. The highest BCUT2D eigenvalue weighted by atomic mass is 16.5. The Labute approximate surface area is 176 Å². The van der Waals surface area contributed by atoms with Gasteiger partial charge in [0.1, 0.15) is 18.1 Å². The number of ketones is 1. The molecule has 152 valence electrons. The lowest BCUT2D eigenvalue weighted by atomic mass is 9.60. The number of Topliss-reactive ketones (excluding diaryl/α,β-unsaturated/α-hetero) is 1. The minimum absolute atomic E-state index is 0.244. The van der Waals surface area contributed by atoms with Gasteiger partial charge in [-0.15, -0.1) is 0 Å². The van der Waals surface area contributed by atoms with Crippen molar-refractivity contribution in [2.75, 3.05) is 6.61 Å². The summed E-state index contributed by atoms with van der Waals surface area (Å²) < 4.78 is 10.9. The van der Waals surface area contributed by atoms with E-state index in [1.54, 1.807) is 19.1 Å². The van der Waals surface area contributed by atoms with Crippen LogP contribution in [0.15, 0.2) is 78.9 Å². The molecule has 3 aromatic rings. The summed E-state index contributed by atoms with van der Waals surface area (Å²) >= 11 is 0. The van der Waals surface area contributed by atoms with Crippen LogP contribution in [0.3, 0.4) is 0 Å². The smallest absolute Gasteiger partial charge is 0.338 e. The lowest BCUT2D eigenvalue weighted by Gasteiger charge is -2.41. The molecule has 4 rings (SSSR count). The number of esters is 1. The Balaban J connectivity index is 1.52. The zero-order valence-electron chi connectivity index (χ0n) is 17.0. The SMILES string of the molecule is CCOC(=O)c1ccc(C2(c3ccc(OCc4ccccc4)cc3)CC(=O)C2)cc1. The van der Waals surface area contributed by atoms with Gasteiger partial charge in [0.05, 0.1) is 12.2 Å². The molecule has 4 heteroatoms. The highest BCUT2D eigenvalue weighted by molar-refractivity contribution is 5.91. The van der Waals surface area contributed by atoms with Gasteiger partial charge in [0.15, 0.2) is 0 Å². The highest BCUT2D eigenvalue weighted by Gasteiger charge is 2.46. The van der Waals surface area contributed by atoms with Gasteiger partial charge in [0, 0.05) is 18.3 Å². The topological polar surface area (TPSA) is 52.6 Å². The Morgan fingerprint density at radius 3 is 2.03 bits per heavy atom. The van der Waals surface area contributed by atoms with Crippen LogP contribution < -0.4 is 4.74 Å². The third-order valence-electron chi connectivity index (χ3n) is 5.60. The van der Waals surface area contributed by atoms with E-state index in [1.165, 1.54) is 0 Å². The van der Waals surface area contributed by atoms with E-state index in [-0.39, 0.29) is 17.2 Å². The Morgan fingerprint density at radius 2 is 1.47 bits per heavy atom. The van der Waals surface area contributed by atoms with Crippen LogP contribution in [-0.4, -0.2) is 18.4 Å². The van der Waals surface area contributed by atoms with Gasteiger partial charge < -0.3 is 9.47 Å². The average molecular weight is 400 g/mol. The van der Waals surface area contributed by atoms with Crippen molar-refractivity contribution in [3.63, 3.8) is 0 Å². The van der Waals surface area contributed by atoms with Crippen LogP contribution in [0.5, 0.6) is 5.75 Å². The van der Waals surface area contributed by atoms with Crippen molar-refractivity contribution in [3.05, 3.63) is 101 Å². The van der Waals surface area contributed by atoms with Crippen molar-refractivity contribution in [1.29, 1.82) is 0 Å². The summed E-state index contributed by atoms with van der Waals surface area (Å²) in [5, 5.41) is 0. The third kappa shape index (κ3) is 3.99. The van der Waals surface area contributed by atoms with E-state index in [9.17, 15) is 9.59 Å². The number of rotatable bonds is 7. The van der Waals surface area contributed by atoms with E-state index >= 15 is 0 Å². The third-order valence-corrected chi connectivity index (χ3v) is 5.60. The molecule has 3 aromatic carbocycles. The molecule has 0 unspecified atom stereocenters. The molecule has 1 fully saturated rings. The zero-order valence-corrected chi connectivity index (χ0v) is 17.0. The number of benzene rings is 3. The summed E-state index contributed by atoms with van der Waals surface area (Å²) in [6.45, 7) is 2.64. The first-order chi connectivity index (χ1) is 14.6. The number of hydrogen-bond acceptors (Lipinski definition) is 4. The van der Waals surface area contributed by atoms with Crippen LogP contribution in [0.4, 0.5) is 0 Å². The Morgan fingerprint density at radius 1 is 0.867 bits per heavy atom. The molecule has 1 aliphatic carbocycles. The van der Waals surface area contributed by atoms with Crippen molar-refractivity contribution < 1.29 is 19.1 Å². The molecule has 1 saturated carbocycles. The predicted octanol–water partition coefficient (Wildman–Crippen LogP) is 5.09. The first-order valence-corrected chi connectivity index (χ1v) is 10.2. The van der Waals surface area contributed by atoms with Gasteiger partial charge in [-0.05, 0) is 47.9 Å². The van der Waals surface area contributed by atoms with Crippen LogP contribution in [-0.2, 0) is 21.6 Å². The van der Waals surface area contributed by atoms with Gasteiger partial charge in [-0.3, -0.25) is 4.79 Å². The molecule has 0 saturated heterocycles. The Bertz CT molecular complexity index is 1010. The fourth-order valence-electron chi connectivity index (χ4n) is 3.95. The fourth-order valence-corrected chi connectivity index (χ4v) is 3.95. The number of carbonyl (C=O) groups is 2. The lowest BCUT2D eigenvalue weighted by Crippen LogP contribution is -2.42. The molecule has 0 aliphatic heterocycles. The average Bonchev–Trinajstić information content (AvgIpc) is 2.77. The van der Waals surface area contributed by atoms with Crippen LogP contribution in [0.1, 0.15) is 46.8 Å². The van der Waals surface area contributed by atoms with Crippen molar-refractivity contribution in [1.82, 2.24) is 0 Å². The van der Waals surface area contributed by atoms with E-state index < -0.39 is 0 Å². The van der Waals surface area contributed by atoms with Gasteiger partial charge in [-0.2, -0.15) is 0 Å². The molecular weight excluding hydrogens is 376 g/mol. The summed E-state index contributed by atoms with van der Waals surface area (Å²) in [4.78, 5) is 23.9. The van der Waals surface area contributed by atoms with E-state index in [4.69, 9.17) is 9.47 Å². The van der Waals surface area contributed by atoms with Gasteiger partial charge in [0.2, 0.25) is 0 Å². The van der Waals surface area contributed by atoms with E-state index in [0.29, 0.717) is 31.6 Å². The molecule has 30 heavy (non-hydrogen) atoms. The molecule has 0 heterocycles. The quantitative estimate of drug-likeness (QED) is 0.518. The summed E-state index contributed by atoms with van der Waals surface area (Å²) in [7, 11) is 0. The van der Waals surface area contributed by atoms with Gasteiger partial charge in [-0.25, -0.2) is 4.79 Å². The number of ether oxygens (including phenoxy) is 2. The minimum atomic E-state index is -0.345. The molecule has 0 amide bonds. The van der Waals surface area contributed by atoms with E-state index in [2.05, 4.69) is 0 Å². The second-order valence-corrected chi connectivity index (χ2v) is 7.57. The summed E-state index contributed by atoms with van der Waals surface area (Å²) in [5.74, 6) is 0.706. The first-order valence-electron chi connectivity index (χ1n) is 10.2. The molecule has 0 spiro atoms. The van der Waals surface area contributed by atoms with Crippen LogP contribution >= 0.6 is 0 Å². The summed E-state index contributed by atoms with van der Waals surface area (Å²) in [6.07, 6.45) is 0.936. The molecule has 0 N–H and O–H groups in total. The van der Waals surface area contributed by atoms with Crippen molar-refractivity contribution in [2.24, 2.45) is 0 Å². The molecule has 0 radical (unpaired) electrons. The second-order valence-electron chi connectivity index (χ2n) is 7.57. The maximum absolute atomic E-state index is 11.9. The standard InChI is InChI=1S/C26H24O4/c1-2-29-25(28)20-8-10-21(11-9-20)26(16-23(27)17-26)22-12-14-24(15-13-22)30-18-19-6-4-3-5-7-19/h3-15H,2,16-18H2,1H3. The summed E-state index contributed by atoms with van der Waals surface area (Å²) in [5.41, 5.74) is 3.41. The predicted molar refractivity (Wildman–Crippen MR) is 115 cm³/mol. The Hall–Kier alpha value is -3.40. The van der Waals surface area contributed by atoms with Crippen LogP contribution in [0.25, 0.3) is 0 Å². The summed E-state index contributed by atoms with van der Waals surface area (Å²) in [6, 6.07) is 25.4. The van der Waals surface area contributed by atoms with Gasteiger partial charge >= 0.3 is 5.97 Å². The zero-order chi connectivity index (χ0) is 21.0. The molecular formula is C26H24O4. The van der Waals surface area contributed by atoms with Crippen molar-refractivity contribution >= 4 is 11.8 Å². The maximum Gasteiger partial charge on any atom is 0.338 e. The largest absolute Gasteiger partial charge is 0.489 e. The van der Waals surface area contributed by atoms with E-state index in [0.717, 1.165) is 22.4 Å². The van der Waals surface area contributed by atoms with Crippen LogP contribution in [0.2, 0.25) is 0 Å². The molecule has 0 atom stereocenters. The van der Waals surface area contributed by atoms with Crippen molar-refractivity contribution in [2.45, 2.75) is 31.8 Å². The van der Waals surface area contributed by atoms with Gasteiger partial charge in [0.25, 0.3) is 0 Å². The fraction of sp³-hybridized carbons (Fsp3) is 0.231. The maximum atomic E-state index is 11.9. The number of hydrogen-bond donors (Lipinski definition) is 0. The van der Waals surface area contributed by atoms with Gasteiger partial charge in [-0.1, -0.05) is 54.6 Å². The first kappa shape index (κ1) is 19.9. The molecule has 0 bridgehead atoms. The van der Waals surface area contributed by atoms with Crippen molar-refractivity contribution in [3.8, 4) is 5.75 Å². The molecule has 1 aliphatic rings. The minimum Gasteiger partial charge on any atom is -0.489 e. The molecule has 0 aromatic heterocycles. The normalized spacial score (nSPS) is 14.6. The van der Waals surface area contributed by atoms with Crippen LogP contribution in [0, 0.1) is 0 Å². The second kappa shape index (κ2) is 8.54. The lowest BCUT2D eigenvalue weighted by molar-refractivity contribution is -0.127. The monoisotopic (exact) mass is 400 g/mol. The molecule has 4 nitrogen and oxygen atoms in total.